The van der Waals surface area contributed by atoms with Crippen LogP contribution in [0.25, 0.3) is 0 Å². The van der Waals surface area contributed by atoms with E-state index >= 15 is 0 Å². The number of aliphatic hydroxyl groups is 1. The van der Waals surface area contributed by atoms with Gasteiger partial charge in [0.15, 0.2) is 0 Å². The molecule has 0 aromatic rings. The van der Waals surface area contributed by atoms with Crippen LogP contribution in [-0.4, -0.2) is 24.9 Å². The Bertz CT molecular complexity index is 38.7. The van der Waals surface area contributed by atoms with Gasteiger partial charge in [-0.2, -0.15) is 0 Å². The lowest BCUT2D eigenvalue weighted by Gasteiger charge is -1.97. The van der Waals surface area contributed by atoms with E-state index in [9.17, 15) is 0 Å². The fourth-order valence-corrected chi connectivity index (χ4v) is 0.413. The van der Waals surface area contributed by atoms with E-state index in [-0.39, 0.29) is 31.4 Å². The first-order chi connectivity index (χ1) is 3.91. The van der Waals surface area contributed by atoms with Crippen LogP contribution in [0.5, 0.6) is 0 Å². The third-order valence-corrected chi connectivity index (χ3v) is 0.878. The Morgan fingerprint density at radius 1 is 1.20 bits per heavy atom. The van der Waals surface area contributed by atoms with Crippen molar-refractivity contribution in [3.05, 3.63) is 0 Å². The van der Waals surface area contributed by atoms with Gasteiger partial charge in [-0.3, -0.25) is 0 Å². The molecule has 0 aromatic carbocycles. The summed E-state index contributed by atoms with van der Waals surface area (Å²) in [4.78, 5) is 0. The van der Waals surface area contributed by atoms with Gasteiger partial charge in [-0.15, -0.1) is 24.8 Å². The van der Waals surface area contributed by atoms with Gasteiger partial charge in [0.25, 0.3) is 0 Å². The van der Waals surface area contributed by atoms with Gasteiger partial charge in [0.1, 0.15) is 0 Å². The van der Waals surface area contributed by atoms with Crippen LogP contribution in [0.2, 0.25) is 0 Å². The fourth-order valence-electron chi connectivity index (χ4n) is 0.413. The summed E-state index contributed by atoms with van der Waals surface area (Å²) in [6.45, 7) is 3.53. The van der Waals surface area contributed by atoms with E-state index in [4.69, 9.17) is 9.84 Å². The highest BCUT2D eigenvalue weighted by Gasteiger charge is 1.82. The van der Waals surface area contributed by atoms with Crippen molar-refractivity contribution in [2.45, 2.75) is 19.8 Å². The number of rotatable bonds is 5. The zero-order valence-corrected chi connectivity index (χ0v) is 7.84. The molecule has 0 heterocycles. The number of hydrogen-bond donors (Lipinski definition) is 1. The molecule has 2 nitrogen and oxygen atoms in total. The molecule has 0 aliphatic rings. The summed E-state index contributed by atoms with van der Waals surface area (Å²) in [5.74, 6) is 0. The first-order valence-corrected chi connectivity index (χ1v) is 3.10. The predicted molar refractivity (Wildman–Crippen MR) is 47.3 cm³/mol. The molecule has 0 amide bonds. The second-order valence-corrected chi connectivity index (χ2v) is 1.69. The Morgan fingerprint density at radius 2 is 1.80 bits per heavy atom. The Labute approximate surface area is 74.8 Å². The average molecular weight is 191 g/mol. The normalized spacial score (nSPS) is 7.80. The number of halogens is 2. The van der Waals surface area contributed by atoms with E-state index in [1.165, 1.54) is 0 Å². The Morgan fingerprint density at radius 3 is 2.20 bits per heavy atom. The molecule has 0 atom stereocenters. The predicted octanol–water partition coefficient (Wildman–Crippen LogP) is 1.64. The first kappa shape index (κ1) is 16.8. The van der Waals surface area contributed by atoms with Crippen LogP contribution >= 0.6 is 24.8 Å². The van der Waals surface area contributed by atoms with Crippen LogP contribution in [0.3, 0.4) is 0 Å². The van der Waals surface area contributed by atoms with Gasteiger partial charge in [0, 0.05) is 6.61 Å². The molecule has 1 N–H and O–H groups in total. The molecule has 0 fully saturated rings. The summed E-state index contributed by atoms with van der Waals surface area (Å²) in [5, 5.41) is 8.24. The topological polar surface area (TPSA) is 29.5 Å². The maximum atomic E-state index is 8.24. The number of ether oxygens (including phenoxy) is 1. The molecule has 0 aliphatic heterocycles. The molecule has 0 bridgehead atoms. The van der Waals surface area contributed by atoms with E-state index in [1.807, 2.05) is 0 Å². The van der Waals surface area contributed by atoms with Crippen molar-refractivity contribution in [2.75, 3.05) is 19.8 Å². The van der Waals surface area contributed by atoms with E-state index in [0.717, 1.165) is 19.4 Å². The zero-order chi connectivity index (χ0) is 6.24. The lowest BCUT2D eigenvalue weighted by Crippen LogP contribution is -1.99. The van der Waals surface area contributed by atoms with E-state index in [2.05, 4.69) is 6.92 Å². The van der Waals surface area contributed by atoms with Gasteiger partial charge in [0.05, 0.1) is 13.2 Å². The lowest BCUT2D eigenvalue weighted by atomic mass is 10.4. The Hall–Kier alpha value is 0.500. The molecule has 0 unspecified atom stereocenters. The number of hydrogen-bond acceptors (Lipinski definition) is 2. The SMILES string of the molecule is CCCCOCCO.Cl.Cl. The summed E-state index contributed by atoms with van der Waals surface area (Å²) >= 11 is 0. The molecule has 0 rings (SSSR count). The summed E-state index contributed by atoms with van der Waals surface area (Å²) < 4.78 is 4.97. The van der Waals surface area contributed by atoms with Crippen molar-refractivity contribution in [2.24, 2.45) is 0 Å². The molecular weight excluding hydrogens is 175 g/mol. The van der Waals surface area contributed by atoms with Gasteiger partial charge in [-0.25, -0.2) is 0 Å². The first-order valence-electron chi connectivity index (χ1n) is 3.10. The molecule has 0 aromatic heterocycles. The molecule has 0 saturated carbocycles. The van der Waals surface area contributed by atoms with Crippen molar-refractivity contribution < 1.29 is 9.84 Å². The van der Waals surface area contributed by atoms with Crippen LogP contribution in [0.4, 0.5) is 0 Å². The monoisotopic (exact) mass is 190 g/mol. The van der Waals surface area contributed by atoms with Crippen molar-refractivity contribution >= 4 is 24.8 Å². The smallest absolute Gasteiger partial charge is 0.0697 e. The molecule has 4 heteroatoms. The van der Waals surface area contributed by atoms with E-state index in [0.29, 0.717) is 6.61 Å². The minimum absolute atomic E-state index is 0. The molecule has 0 aliphatic carbocycles. The number of aliphatic hydroxyl groups excluding tert-OH is 1. The summed E-state index contributed by atoms with van der Waals surface area (Å²) in [6, 6.07) is 0. The second-order valence-electron chi connectivity index (χ2n) is 1.69. The van der Waals surface area contributed by atoms with Crippen LogP contribution in [0.1, 0.15) is 19.8 Å². The highest BCUT2D eigenvalue weighted by Crippen LogP contribution is 1.85. The van der Waals surface area contributed by atoms with Crippen LogP contribution in [0, 0.1) is 0 Å². The minimum Gasteiger partial charge on any atom is -0.394 e. The maximum absolute atomic E-state index is 8.24. The maximum Gasteiger partial charge on any atom is 0.0697 e. The third kappa shape index (κ3) is 15.8. The lowest BCUT2D eigenvalue weighted by molar-refractivity contribution is 0.0904. The fraction of sp³-hybridized carbons (Fsp3) is 1.00. The molecule has 0 saturated heterocycles. The van der Waals surface area contributed by atoms with Gasteiger partial charge in [0.2, 0.25) is 0 Å². The Kier molecular flexibility index (Phi) is 27.4. The number of unbranched alkanes of at least 4 members (excludes halogenated alkanes) is 1. The third-order valence-electron chi connectivity index (χ3n) is 0.878. The van der Waals surface area contributed by atoms with Crippen molar-refractivity contribution in [1.82, 2.24) is 0 Å². The molecule has 0 spiro atoms. The quantitative estimate of drug-likeness (QED) is 0.669. The standard InChI is InChI=1S/C6H14O2.2ClH/c1-2-3-5-8-6-4-7;;/h7H,2-6H2,1H3;2*1H. The highest BCUT2D eigenvalue weighted by atomic mass is 35.5. The van der Waals surface area contributed by atoms with Gasteiger partial charge in [-0.1, -0.05) is 13.3 Å². The summed E-state index contributed by atoms with van der Waals surface area (Å²) in [5.41, 5.74) is 0. The van der Waals surface area contributed by atoms with E-state index < -0.39 is 0 Å². The summed E-state index contributed by atoms with van der Waals surface area (Å²) in [7, 11) is 0. The second kappa shape index (κ2) is 16.2. The summed E-state index contributed by atoms with van der Waals surface area (Å²) in [6.07, 6.45) is 2.26. The minimum atomic E-state index is 0. The molecule has 66 valence electrons. The largest absolute Gasteiger partial charge is 0.394 e. The molecule has 0 radical (unpaired) electrons. The average Bonchev–Trinajstić information content (AvgIpc) is 1.81. The molecular formula is C6H16Cl2O2. The van der Waals surface area contributed by atoms with E-state index in [1.54, 1.807) is 0 Å². The molecule has 10 heavy (non-hydrogen) atoms. The van der Waals surface area contributed by atoms with Crippen molar-refractivity contribution in [3.8, 4) is 0 Å². The van der Waals surface area contributed by atoms with Gasteiger partial charge < -0.3 is 9.84 Å². The zero-order valence-electron chi connectivity index (χ0n) is 6.21. The van der Waals surface area contributed by atoms with Crippen molar-refractivity contribution in [3.63, 3.8) is 0 Å². The van der Waals surface area contributed by atoms with Crippen LogP contribution in [-0.2, 0) is 4.74 Å². The van der Waals surface area contributed by atoms with Crippen LogP contribution in [0.15, 0.2) is 0 Å². The van der Waals surface area contributed by atoms with Gasteiger partial charge >= 0.3 is 0 Å². The van der Waals surface area contributed by atoms with Crippen LogP contribution < -0.4 is 0 Å². The Balaban J connectivity index is -0.000000245. The van der Waals surface area contributed by atoms with Gasteiger partial charge in [-0.05, 0) is 6.42 Å². The highest BCUT2D eigenvalue weighted by molar-refractivity contribution is 5.85. The van der Waals surface area contributed by atoms with Crippen molar-refractivity contribution in [1.29, 1.82) is 0 Å².